The third-order valence-corrected chi connectivity index (χ3v) is 8.65. The molecule has 5 N–H and O–H groups in total. The van der Waals surface area contributed by atoms with Crippen molar-refractivity contribution in [3.05, 3.63) is 65.2 Å². The summed E-state index contributed by atoms with van der Waals surface area (Å²) >= 11 is 0. The van der Waals surface area contributed by atoms with Gasteiger partial charge in [-0.3, -0.25) is 23.6 Å². The van der Waals surface area contributed by atoms with E-state index in [9.17, 15) is 32.7 Å². The van der Waals surface area contributed by atoms with Crippen LogP contribution in [-0.2, 0) is 37.2 Å². The van der Waals surface area contributed by atoms with Crippen LogP contribution in [0.15, 0.2) is 48.5 Å². The average Bonchev–Trinajstić information content (AvgIpc) is 3.34. The van der Waals surface area contributed by atoms with Crippen LogP contribution in [0.5, 0.6) is 0 Å². The number of carboxylic acid groups (broad SMARTS) is 3. The zero-order valence-electron chi connectivity index (χ0n) is 23.7. The fraction of sp³-hybridized carbons (Fsp3) is 0.448. The maximum absolute atomic E-state index is 12.8. The van der Waals surface area contributed by atoms with Gasteiger partial charge in [0.15, 0.2) is 11.4 Å². The van der Waals surface area contributed by atoms with Gasteiger partial charge in [-0.15, -0.1) is 0 Å². The molecule has 43 heavy (non-hydrogen) atoms. The number of Topliss-reactive ketones (excluding diaryl/α,β-unsaturated/α-hetero) is 1. The predicted octanol–water partition coefficient (Wildman–Crippen LogP) is 1.01. The van der Waals surface area contributed by atoms with Gasteiger partial charge in [-0.2, -0.15) is 0 Å². The van der Waals surface area contributed by atoms with Crippen molar-refractivity contribution in [3.8, 4) is 0 Å². The summed E-state index contributed by atoms with van der Waals surface area (Å²) in [4.78, 5) is 45.4. The van der Waals surface area contributed by atoms with E-state index in [-0.39, 0.29) is 5.78 Å². The molecule has 0 bridgehead atoms. The second-order valence-electron chi connectivity index (χ2n) is 11.0. The van der Waals surface area contributed by atoms with E-state index >= 15 is 0 Å². The summed E-state index contributed by atoms with van der Waals surface area (Å²) in [6.45, 7) is 2.11. The summed E-state index contributed by atoms with van der Waals surface area (Å²) in [5.41, 5.74) is -0.124. The van der Waals surface area contributed by atoms with E-state index in [2.05, 4.69) is 4.90 Å². The van der Waals surface area contributed by atoms with Crippen LogP contribution in [-0.4, -0.2) is 106 Å². The van der Waals surface area contributed by atoms with E-state index in [1.807, 2.05) is 36.4 Å². The summed E-state index contributed by atoms with van der Waals surface area (Å²) in [6, 6.07) is 15.3. The number of aliphatic hydroxyl groups is 2. The Bertz CT molecular complexity index is 1440. The lowest BCUT2D eigenvalue weighted by Crippen LogP contribution is -2.47. The van der Waals surface area contributed by atoms with Crippen LogP contribution in [0.1, 0.15) is 47.2 Å². The predicted molar refractivity (Wildman–Crippen MR) is 155 cm³/mol. The van der Waals surface area contributed by atoms with Crippen molar-refractivity contribution in [1.82, 2.24) is 4.90 Å². The monoisotopic (exact) mass is 620 g/mol. The number of carboxylic acids is 3. The van der Waals surface area contributed by atoms with E-state index in [1.165, 1.54) is 10.6 Å². The molecule has 2 aromatic rings. The molecule has 0 aromatic heterocycles. The van der Waals surface area contributed by atoms with Crippen molar-refractivity contribution in [2.45, 2.75) is 49.7 Å². The van der Waals surface area contributed by atoms with Gasteiger partial charge in [0.25, 0.3) is 0 Å². The first kappa shape index (κ1) is 33.6. The van der Waals surface area contributed by atoms with Crippen molar-refractivity contribution in [1.29, 1.82) is 0 Å². The molecule has 13 nitrogen and oxygen atoms in total. The molecule has 1 saturated heterocycles. The lowest BCUT2D eigenvalue weighted by molar-refractivity contribution is -0.170. The van der Waals surface area contributed by atoms with E-state index in [4.69, 9.17) is 20.4 Å². The van der Waals surface area contributed by atoms with Crippen LogP contribution < -0.4 is 4.31 Å². The van der Waals surface area contributed by atoms with Gasteiger partial charge in [-0.1, -0.05) is 30.3 Å². The Labute approximate surface area is 249 Å². The first-order valence-electron chi connectivity index (χ1n) is 13.5. The van der Waals surface area contributed by atoms with Crippen molar-refractivity contribution in [2.24, 2.45) is 0 Å². The van der Waals surface area contributed by atoms with Crippen molar-refractivity contribution in [2.75, 3.05) is 36.7 Å². The van der Waals surface area contributed by atoms with Gasteiger partial charge >= 0.3 is 17.9 Å². The molecule has 0 spiro atoms. The number of fused-ring (bicyclic) bond motifs is 1. The average molecular weight is 621 g/mol. The topological polar surface area (TPSA) is 210 Å². The molecule has 2 aliphatic heterocycles. The number of rotatable bonds is 11. The largest absolute Gasteiger partial charge is 0.481 e. The minimum atomic E-state index is -3.29. The minimum Gasteiger partial charge on any atom is -0.481 e. The number of anilines is 1. The van der Waals surface area contributed by atoms with Gasteiger partial charge < -0.3 is 25.5 Å². The molecule has 0 saturated carbocycles. The van der Waals surface area contributed by atoms with Gasteiger partial charge in [-0.05, 0) is 48.6 Å². The molecule has 234 valence electrons. The Balaban J connectivity index is 0.000000331. The standard InChI is InChI=1S/C23H28N2O4S.C6H8O7/c1-30(28,29)25-12-9-19-15-20(7-8-21(19)25)22(26)17-24-13-10-23(27,11-14-24)16-18-5-3-2-4-6-18;7-3(8)1-6(13,5(11)12)2-4(9)10/h2-8,15,27H,9-14,16-17H2,1H3;13H,1-2H2,(H,7,8)(H,9,10)(H,11,12). The maximum Gasteiger partial charge on any atom is 0.336 e. The molecule has 2 heterocycles. The Morgan fingerprint density at radius 2 is 1.49 bits per heavy atom. The molecule has 2 aromatic carbocycles. The first-order valence-corrected chi connectivity index (χ1v) is 15.4. The minimum absolute atomic E-state index is 0.0316. The smallest absolute Gasteiger partial charge is 0.336 e. The highest BCUT2D eigenvalue weighted by Crippen LogP contribution is 2.31. The molecule has 4 rings (SSSR count). The maximum atomic E-state index is 12.8. The second-order valence-corrected chi connectivity index (χ2v) is 12.9. The number of nitrogens with zero attached hydrogens (tertiary/aromatic N) is 2. The van der Waals surface area contributed by atoms with Gasteiger partial charge in [0.1, 0.15) is 0 Å². The normalized spacial score (nSPS) is 16.5. The quantitative estimate of drug-likeness (QED) is 0.223. The van der Waals surface area contributed by atoms with Crippen LogP contribution >= 0.6 is 0 Å². The third-order valence-electron chi connectivity index (χ3n) is 7.47. The summed E-state index contributed by atoms with van der Waals surface area (Å²) in [5, 5.41) is 44.7. The molecular weight excluding hydrogens is 584 g/mol. The van der Waals surface area contributed by atoms with E-state index in [1.54, 1.807) is 12.1 Å². The number of likely N-dealkylation sites (tertiary alicyclic amines) is 1. The fourth-order valence-corrected chi connectivity index (χ4v) is 6.14. The van der Waals surface area contributed by atoms with Gasteiger partial charge in [0.05, 0.1) is 36.9 Å². The fourth-order valence-electron chi connectivity index (χ4n) is 5.18. The van der Waals surface area contributed by atoms with Crippen molar-refractivity contribution < 1.29 is 53.1 Å². The lowest BCUT2D eigenvalue weighted by Gasteiger charge is -2.38. The van der Waals surface area contributed by atoms with E-state index in [0.717, 1.165) is 11.1 Å². The van der Waals surface area contributed by atoms with Crippen LogP contribution in [0, 0.1) is 0 Å². The molecule has 0 radical (unpaired) electrons. The Morgan fingerprint density at radius 3 is 2.00 bits per heavy atom. The SMILES string of the molecule is CS(=O)(=O)N1CCc2cc(C(=O)CN3CCC(O)(Cc4ccccc4)CC3)ccc21.O=C(O)CC(O)(CC(=O)O)C(=O)O. The number of ketones is 1. The number of hydrogen-bond acceptors (Lipinski definition) is 9. The number of sulfonamides is 1. The third kappa shape index (κ3) is 9.32. The lowest BCUT2D eigenvalue weighted by atomic mass is 9.85. The summed E-state index contributed by atoms with van der Waals surface area (Å²) in [6.07, 6.45) is 1.46. The van der Waals surface area contributed by atoms with E-state index in [0.29, 0.717) is 63.1 Å². The first-order chi connectivity index (χ1) is 20.0. The van der Waals surface area contributed by atoms with Crippen LogP contribution in [0.4, 0.5) is 5.69 Å². The Hall–Kier alpha value is -3.85. The summed E-state index contributed by atoms with van der Waals surface area (Å²) in [5.74, 6) is -4.99. The van der Waals surface area contributed by atoms with Crippen LogP contribution in [0.3, 0.4) is 0 Å². The number of carbonyl (C=O) groups excluding carboxylic acids is 1. The molecular formula is C29H36N2O11S. The summed E-state index contributed by atoms with van der Waals surface area (Å²) < 4.78 is 25.2. The zero-order chi connectivity index (χ0) is 32.0. The zero-order valence-corrected chi connectivity index (χ0v) is 24.5. The number of benzene rings is 2. The highest BCUT2D eigenvalue weighted by molar-refractivity contribution is 7.92. The highest BCUT2D eigenvalue weighted by atomic mass is 32.2. The Morgan fingerprint density at radius 1 is 0.907 bits per heavy atom. The number of carbonyl (C=O) groups is 4. The molecule has 2 aliphatic rings. The molecule has 1 fully saturated rings. The Kier molecular flexibility index (Phi) is 10.7. The van der Waals surface area contributed by atoms with Gasteiger partial charge in [0, 0.05) is 31.6 Å². The summed E-state index contributed by atoms with van der Waals surface area (Å²) in [7, 11) is -3.29. The molecule has 0 aliphatic carbocycles. The number of piperidine rings is 1. The highest BCUT2D eigenvalue weighted by Gasteiger charge is 2.41. The van der Waals surface area contributed by atoms with Crippen molar-refractivity contribution in [3.63, 3.8) is 0 Å². The van der Waals surface area contributed by atoms with Crippen LogP contribution in [0.2, 0.25) is 0 Å². The molecule has 0 unspecified atom stereocenters. The number of aliphatic carboxylic acids is 3. The molecule has 0 amide bonds. The molecule has 0 atom stereocenters. The van der Waals surface area contributed by atoms with Gasteiger partial charge in [0.2, 0.25) is 10.0 Å². The number of hydrogen-bond donors (Lipinski definition) is 5. The van der Waals surface area contributed by atoms with Crippen molar-refractivity contribution >= 4 is 39.4 Å². The van der Waals surface area contributed by atoms with Gasteiger partial charge in [-0.25, -0.2) is 13.2 Å². The van der Waals surface area contributed by atoms with Crippen LogP contribution in [0.25, 0.3) is 0 Å². The second kappa shape index (κ2) is 13.6. The molecule has 14 heteroatoms. The van der Waals surface area contributed by atoms with E-state index < -0.39 is 52.0 Å².